The van der Waals surface area contributed by atoms with Gasteiger partial charge in [0, 0.05) is 11.5 Å². The first-order valence-electron chi connectivity index (χ1n) is 5.46. The van der Waals surface area contributed by atoms with Crippen LogP contribution in [-0.2, 0) is 4.79 Å². The molecule has 0 bridgehead atoms. The van der Waals surface area contributed by atoms with E-state index in [2.05, 4.69) is 6.92 Å². The van der Waals surface area contributed by atoms with Gasteiger partial charge in [-0.25, -0.2) is 0 Å². The van der Waals surface area contributed by atoms with Gasteiger partial charge in [-0.3, -0.25) is 0 Å². The number of rotatable bonds is 6. The fourth-order valence-electron chi connectivity index (χ4n) is 1.39. The molecule has 1 aromatic rings. The quantitative estimate of drug-likeness (QED) is 0.528. The zero-order chi connectivity index (χ0) is 11.1. The molecule has 0 aliphatic carbocycles. The second-order valence-electron chi connectivity index (χ2n) is 3.66. The molecule has 0 radical (unpaired) electrons. The minimum atomic E-state index is -0.0946. The molecule has 2 heteroatoms. The highest BCUT2D eigenvalue weighted by Crippen LogP contribution is 2.25. The standard InChI is InChI=1S/C13H18O2/c1-3-4-9-15-13-8-6-5-7-12(13)11(2)10-14/h5-8,10-11H,3-4,9H2,1-2H3. The normalized spacial score (nSPS) is 12.1. The summed E-state index contributed by atoms with van der Waals surface area (Å²) in [5, 5.41) is 0. The van der Waals surface area contributed by atoms with Crippen LogP contribution in [0.2, 0.25) is 0 Å². The predicted molar refractivity (Wildman–Crippen MR) is 61.3 cm³/mol. The molecule has 0 aromatic heterocycles. The summed E-state index contributed by atoms with van der Waals surface area (Å²) >= 11 is 0. The number of benzene rings is 1. The van der Waals surface area contributed by atoms with Crippen LogP contribution in [-0.4, -0.2) is 12.9 Å². The molecule has 0 amide bonds. The number of para-hydroxylation sites is 1. The van der Waals surface area contributed by atoms with Gasteiger partial charge in [-0.1, -0.05) is 38.5 Å². The lowest BCUT2D eigenvalue weighted by atomic mass is 10.0. The second-order valence-corrected chi connectivity index (χ2v) is 3.66. The number of hydrogen-bond acceptors (Lipinski definition) is 2. The van der Waals surface area contributed by atoms with Gasteiger partial charge in [-0.2, -0.15) is 0 Å². The number of ether oxygens (including phenoxy) is 1. The zero-order valence-electron chi connectivity index (χ0n) is 9.40. The van der Waals surface area contributed by atoms with Crippen molar-refractivity contribution in [1.29, 1.82) is 0 Å². The SMILES string of the molecule is CCCCOc1ccccc1C(C)C=O. The van der Waals surface area contributed by atoms with E-state index in [-0.39, 0.29) is 5.92 Å². The molecule has 0 N–H and O–H groups in total. The molecule has 1 unspecified atom stereocenters. The third-order valence-electron chi connectivity index (χ3n) is 2.37. The summed E-state index contributed by atoms with van der Waals surface area (Å²) in [5.74, 6) is 0.744. The maximum atomic E-state index is 10.7. The summed E-state index contributed by atoms with van der Waals surface area (Å²) in [6, 6.07) is 7.73. The van der Waals surface area contributed by atoms with E-state index < -0.39 is 0 Å². The van der Waals surface area contributed by atoms with Crippen LogP contribution in [0.1, 0.15) is 38.2 Å². The number of unbranched alkanes of at least 4 members (excludes halogenated alkanes) is 1. The first kappa shape index (κ1) is 11.8. The van der Waals surface area contributed by atoms with Gasteiger partial charge >= 0.3 is 0 Å². The highest BCUT2D eigenvalue weighted by Gasteiger charge is 2.09. The van der Waals surface area contributed by atoms with Crippen molar-refractivity contribution in [2.75, 3.05) is 6.61 Å². The van der Waals surface area contributed by atoms with Gasteiger partial charge in [-0.15, -0.1) is 0 Å². The van der Waals surface area contributed by atoms with Gasteiger partial charge < -0.3 is 9.53 Å². The van der Waals surface area contributed by atoms with E-state index in [9.17, 15) is 4.79 Å². The van der Waals surface area contributed by atoms with Crippen LogP contribution in [0.3, 0.4) is 0 Å². The summed E-state index contributed by atoms with van der Waals surface area (Å²) in [4.78, 5) is 10.7. The zero-order valence-corrected chi connectivity index (χ0v) is 9.40. The molecule has 0 saturated heterocycles. The number of aldehydes is 1. The van der Waals surface area contributed by atoms with E-state index in [4.69, 9.17) is 4.74 Å². The monoisotopic (exact) mass is 206 g/mol. The number of hydrogen-bond donors (Lipinski definition) is 0. The van der Waals surface area contributed by atoms with Crippen molar-refractivity contribution in [2.24, 2.45) is 0 Å². The van der Waals surface area contributed by atoms with E-state index in [0.29, 0.717) is 0 Å². The van der Waals surface area contributed by atoms with E-state index in [1.54, 1.807) is 0 Å². The van der Waals surface area contributed by atoms with Crippen LogP contribution in [0, 0.1) is 0 Å². The predicted octanol–water partition coefficient (Wildman–Crippen LogP) is 3.17. The molecular weight excluding hydrogens is 188 g/mol. The average molecular weight is 206 g/mol. The van der Waals surface area contributed by atoms with Gasteiger partial charge in [0.1, 0.15) is 12.0 Å². The van der Waals surface area contributed by atoms with Crippen LogP contribution >= 0.6 is 0 Å². The molecule has 0 fully saturated rings. The van der Waals surface area contributed by atoms with Crippen LogP contribution in [0.4, 0.5) is 0 Å². The molecule has 0 aliphatic heterocycles. The van der Waals surface area contributed by atoms with Crippen molar-refractivity contribution in [3.05, 3.63) is 29.8 Å². The Morgan fingerprint density at radius 2 is 2.13 bits per heavy atom. The third kappa shape index (κ3) is 3.39. The Morgan fingerprint density at radius 3 is 2.80 bits per heavy atom. The lowest BCUT2D eigenvalue weighted by Crippen LogP contribution is -2.02. The highest BCUT2D eigenvalue weighted by atomic mass is 16.5. The van der Waals surface area contributed by atoms with Crippen LogP contribution in [0.25, 0.3) is 0 Å². The van der Waals surface area contributed by atoms with Crippen LogP contribution < -0.4 is 4.74 Å². The van der Waals surface area contributed by atoms with Crippen LogP contribution in [0.5, 0.6) is 5.75 Å². The maximum Gasteiger partial charge on any atom is 0.127 e. The van der Waals surface area contributed by atoms with Gasteiger partial charge in [0.25, 0.3) is 0 Å². The lowest BCUT2D eigenvalue weighted by molar-refractivity contribution is -0.108. The van der Waals surface area contributed by atoms with E-state index in [1.807, 2.05) is 31.2 Å². The van der Waals surface area contributed by atoms with Crippen molar-refractivity contribution < 1.29 is 9.53 Å². The molecular formula is C13H18O2. The molecule has 1 atom stereocenters. The Hall–Kier alpha value is -1.31. The second kappa shape index (κ2) is 6.23. The molecule has 0 saturated carbocycles. The van der Waals surface area contributed by atoms with E-state index >= 15 is 0 Å². The van der Waals surface area contributed by atoms with E-state index in [1.165, 1.54) is 0 Å². The molecule has 15 heavy (non-hydrogen) atoms. The Balaban J connectivity index is 2.72. The van der Waals surface area contributed by atoms with E-state index in [0.717, 1.165) is 37.0 Å². The fraction of sp³-hybridized carbons (Fsp3) is 0.462. The minimum absolute atomic E-state index is 0.0946. The average Bonchev–Trinajstić information content (AvgIpc) is 2.29. The van der Waals surface area contributed by atoms with Gasteiger partial charge in [0.15, 0.2) is 0 Å². The maximum absolute atomic E-state index is 10.7. The number of carbonyl (C=O) groups is 1. The molecule has 2 nitrogen and oxygen atoms in total. The highest BCUT2D eigenvalue weighted by molar-refractivity contribution is 5.63. The summed E-state index contributed by atoms with van der Waals surface area (Å²) in [6.07, 6.45) is 3.11. The first-order chi connectivity index (χ1) is 7.29. The molecule has 0 heterocycles. The molecule has 0 spiro atoms. The smallest absolute Gasteiger partial charge is 0.127 e. The lowest BCUT2D eigenvalue weighted by Gasteiger charge is -2.12. The summed E-state index contributed by atoms with van der Waals surface area (Å²) < 4.78 is 5.64. The molecule has 1 aromatic carbocycles. The Bertz CT molecular complexity index is 307. The molecule has 0 aliphatic rings. The number of carbonyl (C=O) groups excluding carboxylic acids is 1. The van der Waals surface area contributed by atoms with Gasteiger partial charge in [0.2, 0.25) is 0 Å². The van der Waals surface area contributed by atoms with Crippen molar-refractivity contribution >= 4 is 6.29 Å². The Morgan fingerprint density at radius 1 is 1.40 bits per heavy atom. The topological polar surface area (TPSA) is 26.3 Å². The van der Waals surface area contributed by atoms with Crippen molar-refractivity contribution in [2.45, 2.75) is 32.6 Å². The van der Waals surface area contributed by atoms with Crippen molar-refractivity contribution in [3.63, 3.8) is 0 Å². The molecule has 82 valence electrons. The van der Waals surface area contributed by atoms with Crippen molar-refractivity contribution in [3.8, 4) is 5.75 Å². The van der Waals surface area contributed by atoms with Gasteiger partial charge in [0.05, 0.1) is 6.61 Å². The van der Waals surface area contributed by atoms with Crippen LogP contribution in [0.15, 0.2) is 24.3 Å². The minimum Gasteiger partial charge on any atom is -0.493 e. The largest absolute Gasteiger partial charge is 0.493 e. The Labute approximate surface area is 91.3 Å². The van der Waals surface area contributed by atoms with Crippen molar-refractivity contribution in [1.82, 2.24) is 0 Å². The summed E-state index contributed by atoms with van der Waals surface area (Å²) in [5.41, 5.74) is 0.976. The Kier molecular flexibility index (Phi) is 4.88. The summed E-state index contributed by atoms with van der Waals surface area (Å²) in [6.45, 7) is 4.73. The third-order valence-corrected chi connectivity index (χ3v) is 2.37. The molecule has 1 rings (SSSR count). The first-order valence-corrected chi connectivity index (χ1v) is 5.46. The fourth-order valence-corrected chi connectivity index (χ4v) is 1.39. The van der Waals surface area contributed by atoms with Gasteiger partial charge in [-0.05, 0) is 12.5 Å². The summed E-state index contributed by atoms with van der Waals surface area (Å²) in [7, 11) is 0.